The molecule has 0 saturated heterocycles. The molecule has 0 aromatic carbocycles. The van der Waals surface area contributed by atoms with Gasteiger partial charge in [0.05, 0.1) is 18.3 Å². The standard InChI is InChI=1S/C25H38O5S/c1-2-3-8-19-14-15-20(31-19)13-11-18(26)12-16-22-21(23(27)17-24(22)28)9-6-4-5-7-10-25(29)30/h4,6,12,14-16,18,21-24,26-28H,2-3,5,7-11,13,17H2,1H3,(H,29,30)/b6-4-,16-12+/t18-,21+,22+,23-,24+/m0/s1. The van der Waals surface area contributed by atoms with Gasteiger partial charge in [0.15, 0.2) is 0 Å². The number of rotatable bonds is 14. The number of aliphatic carboxylic acids is 1. The maximum atomic E-state index is 10.5. The maximum Gasteiger partial charge on any atom is 0.303 e. The Kier molecular flexibility index (Phi) is 11.5. The van der Waals surface area contributed by atoms with Crippen LogP contribution in [0.15, 0.2) is 36.4 Å². The van der Waals surface area contributed by atoms with Gasteiger partial charge >= 0.3 is 5.97 Å². The summed E-state index contributed by atoms with van der Waals surface area (Å²) in [5.74, 6) is -1.06. The highest BCUT2D eigenvalue weighted by molar-refractivity contribution is 7.11. The largest absolute Gasteiger partial charge is 0.481 e. The van der Waals surface area contributed by atoms with Gasteiger partial charge in [0.2, 0.25) is 0 Å². The van der Waals surface area contributed by atoms with E-state index in [0.717, 1.165) is 12.8 Å². The van der Waals surface area contributed by atoms with Gasteiger partial charge in [-0.2, -0.15) is 0 Å². The fourth-order valence-corrected chi connectivity index (χ4v) is 5.21. The van der Waals surface area contributed by atoms with Crippen LogP contribution in [0.5, 0.6) is 0 Å². The highest BCUT2D eigenvalue weighted by Crippen LogP contribution is 2.36. The highest BCUT2D eigenvalue weighted by atomic mass is 32.1. The van der Waals surface area contributed by atoms with E-state index in [-0.39, 0.29) is 18.3 Å². The molecular weight excluding hydrogens is 412 g/mol. The molecule has 6 heteroatoms. The number of carboxylic acid groups (broad SMARTS) is 1. The Bertz CT molecular complexity index is 711. The molecule has 31 heavy (non-hydrogen) atoms. The van der Waals surface area contributed by atoms with Crippen LogP contribution in [0.2, 0.25) is 0 Å². The molecule has 0 unspecified atom stereocenters. The highest BCUT2D eigenvalue weighted by Gasteiger charge is 2.39. The summed E-state index contributed by atoms with van der Waals surface area (Å²) in [6.07, 6.45) is 13.2. The van der Waals surface area contributed by atoms with Gasteiger partial charge in [0.1, 0.15) is 0 Å². The van der Waals surface area contributed by atoms with Crippen molar-refractivity contribution in [3.05, 3.63) is 46.2 Å². The van der Waals surface area contributed by atoms with Crippen LogP contribution in [0.25, 0.3) is 0 Å². The molecule has 0 radical (unpaired) electrons. The minimum Gasteiger partial charge on any atom is -0.481 e. The molecule has 4 N–H and O–H groups in total. The van der Waals surface area contributed by atoms with E-state index in [2.05, 4.69) is 19.1 Å². The van der Waals surface area contributed by atoms with E-state index in [4.69, 9.17) is 5.11 Å². The Morgan fingerprint density at radius 1 is 1.16 bits per heavy atom. The van der Waals surface area contributed by atoms with Crippen molar-refractivity contribution in [3.63, 3.8) is 0 Å². The second kappa shape index (κ2) is 13.8. The second-order valence-electron chi connectivity index (χ2n) is 8.57. The van der Waals surface area contributed by atoms with Gasteiger partial charge in [-0.15, -0.1) is 11.3 Å². The van der Waals surface area contributed by atoms with Gasteiger partial charge in [-0.1, -0.05) is 37.6 Å². The molecule has 1 fully saturated rings. The Balaban J connectivity index is 1.80. The molecular formula is C25H38O5S. The first kappa shape index (κ1) is 25.8. The van der Waals surface area contributed by atoms with Gasteiger partial charge < -0.3 is 20.4 Å². The molecule has 174 valence electrons. The van der Waals surface area contributed by atoms with Crippen molar-refractivity contribution in [1.82, 2.24) is 0 Å². The summed E-state index contributed by atoms with van der Waals surface area (Å²) in [5.41, 5.74) is 0. The molecule has 0 bridgehead atoms. The second-order valence-corrected chi connectivity index (χ2v) is 9.82. The monoisotopic (exact) mass is 450 g/mol. The molecule has 1 aromatic rings. The number of aliphatic hydroxyl groups excluding tert-OH is 3. The lowest BCUT2D eigenvalue weighted by Crippen LogP contribution is -2.20. The average Bonchev–Trinajstić information content (AvgIpc) is 3.29. The first-order valence-electron chi connectivity index (χ1n) is 11.6. The summed E-state index contributed by atoms with van der Waals surface area (Å²) < 4.78 is 0. The summed E-state index contributed by atoms with van der Waals surface area (Å²) in [7, 11) is 0. The van der Waals surface area contributed by atoms with Crippen molar-refractivity contribution >= 4 is 17.3 Å². The number of allylic oxidation sites excluding steroid dienone is 2. The summed E-state index contributed by atoms with van der Waals surface area (Å²) in [6, 6.07) is 4.34. The first-order valence-corrected chi connectivity index (χ1v) is 12.4. The topological polar surface area (TPSA) is 98.0 Å². The fraction of sp³-hybridized carbons (Fsp3) is 0.640. The number of carboxylic acids is 1. The molecule has 1 aliphatic rings. The summed E-state index contributed by atoms with van der Waals surface area (Å²) >= 11 is 1.83. The van der Waals surface area contributed by atoms with Gasteiger partial charge in [0.25, 0.3) is 0 Å². The van der Waals surface area contributed by atoms with Crippen LogP contribution in [-0.4, -0.2) is 44.7 Å². The maximum absolute atomic E-state index is 10.5. The Labute approximate surface area is 190 Å². The van der Waals surface area contributed by atoms with Gasteiger partial charge in [-0.3, -0.25) is 4.79 Å². The predicted octanol–water partition coefficient (Wildman–Crippen LogP) is 4.50. The van der Waals surface area contributed by atoms with Crippen LogP contribution in [0.1, 0.15) is 68.0 Å². The quantitative estimate of drug-likeness (QED) is 0.247. The van der Waals surface area contributed by atoms with Crippen LogP contribution in [0.3, 0.4) is 0 Å². The minimum atomic E-state index is -0.789. The third-order valence-electron chi connectivity index (χ3n) is 5.99. The number of hydrogen-bond donors (Lipinski definition) is 4. The normalized spacial score (nSPS) is 25.0. The number of aryl methyl sites for hydroxylation is 2. The van der Waals surface area contributed by atoms with Crippen molar-refractivity contribution in [2.45, 2.75) is 89.4 Å². The number of thiophene rings is 1. The zero-order valence-electron chi connectivity index (χ0n) is 18.5. The smallest absolute Gasteiger partial charge is 0.303 e. The van der Waals surface area contributed by atoms with Crippen molar-refractivity contribution in [1.29, 1.82) is 0 Å². The number of hydrogen-bond acceptors (Lipinski definition) is 5. The lowest BCUT2D eigenvalue weighted by molar-refractivity contribution is -0.137. The van der Waals surface area contributed by atoms with Gasteiger partial charge in [0, 0.05) is 28.5 Å². The lowest BCUT2D eigenvalue weighted by Gasteiger charge is -2.19. The van der Waals surface area contributed by atoms with Crippen LogP contribution < -0.4 is 0 Å². The summed E-state index contributed by atoms with van der Waals surface area (Å²) in [5, 5.41) is 39.7. The van der Waals surface area contributed by atoms with E-state index in [1.54, 1.807) is 6.08 Å². The van der Waals surface area contributed by atoms with Crippen molar-refractivity contribution < 1.29 is 25.2 Å². The van der Waals surface area contributed by atoms with E-state index >= 15 is 0 Å². The van der Waals surface area contributed by atoms with E-state index < -0.39 is 24.3 Å². The molecule has 0 amide bonds. The van der Waals surface area contributed by atoms with Crippen LogP contribution >= 0.6 is 11.3 Å². The molecule has 2 rings (SSSR count). The van der Waals surface area contributed by atoms with Crippen LogP contribution in [-0.2, 0) is 17.6 Å². The average molecular weight is 451 g/mol. The van der Waals surface area contributed by atoms with Crippen molar-refractivity contribution in [2.75, 3.05) is 0 Å². The zero-order valence-corrected chi connectivity index (χ0v) is 19.3. The van der Waals surface area contributed by atoms with Gasteiger partial charge in [-0.05, 0) is 63.0 Å². The first-order chi connectivity index (χ1) is 14.9. The SMILES string of the molecule is CCCCc1ccc(CC[C@H](O)/C=C/[C@@H]2[C@@H](C/C=C\CCCC(=O)O)[C@@H](O)C[C@H]2O)s1. The third kappa shape index (κ3) is 9.27. The molecule has 5 nitrogen and oxygen atoms in total. The molecule has 0 spiro atoms. The fourth-order valence-electron chi connectivity index (χ4n) is 4.13. The molecule has 5 atom stereocenters. The molecule has 0 aliphatic heterocycles. The molecule has 1 aromatic heterocycles. The van der Waals surface area contributed by atoms with Gasteiger partial charge in [-0.25, -0.2) is 0 Å². The van der Waals surface area contributed by atoms with Crippen molar-refractivity contribution in [2.24, 2.45) is 11.8 Å². The molecule has 1 heterocycles. The van der Waals surface area contributed by atoms with E-state index in [1.807, 2.05) is 29.6 Å². The van der Waals surface area contributed by atoms with E-state index in [1.165, 1.54) is 22.6 Å². The Morgan fingerprint density at radius 3 is 2.61 bits per heavy atom. The third-order valence-corrected chi connectivity index (χ3v) is 7.19. The number of unbranched alkanes of at least 4 members (excludes halogenated alkanes) is 2. The van der Waals surface area contributed by atoms with Crippen molar-refractivity contribution in [3.8, 4) is 0 Å². The Morgan fingerprint density at radius 2 is 1.90 bits per heavy atom. The summed E-state index contributed by atoms with van der Waals surface area (Å²) in [4.78, 5) is 13.2. The Hall–Kier alpha value is -1.47. The van der Waals surface area contributed by atoms with E-state index in [0.29, 0.717) is 32.1 Å². The predicted molar refractivity (Wildman–Crippen MR) is 125 cm³/mol. The number of carbonyl (C=O) groups is 1. The van der Waals surface area contributed by atoms with Crippen LogP contribution in [0.4, 0.5) is 0 Å². The lowest BCUT2D eigenvalue weighted by atomic mass is 9.89. The number of aliphatic hydroxyl groups is 3. The molecule has 1 aliphatic carbocycles. The molecule has 1 saturated carbocycles. The summed E-state index contributed by atoms with van der Waals surface area (Å²) in [6.45, 7) is 2.20. The minimum absolute atomic E-state index is 0.0902. The zero-order chi connectivity index (χ0) is 22.6. The van der Waals surface area contributed by atoms with Crippen LogP contribution in [0, 0.1) is 11.8 Å². The van der Waals surface area contributed by atoms with E-state index in [9.17, 15) is 20.1 Å².